The Labute approximate surface area is 68.6 Å². The molecule has 0 saturated carbocycles. The third kappa shape index (κ3) is 2.77. The molecule has 3 nitrogen and oxygen atoms in total. The quantitative estimate of drug-likeness (QED) is 0.593. The Kier molecular flexibility index (Phi) is 3.83. The van der Waals surface area contributed by atoms with E-state index in [0.29, 0.717) is 0 Å². The van der Waals surface area contributed by atoms with Crippen molar-refractivity contribution in [1.82, 2.24) is 9.80 Å². The molecule has 0 aromatic rings. The molecule has 0 amide bonds. The van der Waals surface area contributed by atoms with Gasteiger partial charge < -0.3 is 4.90 Å². The van der Waals surface area contributed by atoms with Gasteiger partial charge in [0.2, 0.25) is 0 Å². The molecule has 0 spiro atoms. The van der Waals surface area contributed by atoms with Gasteiger partial charge in [0.25, 0.3) is 0 Å². The molecule has 0 atom stereocenters. The number of hydrogen-bond donors (Lipinski definition) is 0. The van der Waals surface area contributed by atoms with Crippen molar-refractivity contribution in [3.05, 3.63) is 0 Å². The van der Waals surface area contributed by atoms with E-state index in [1.165, 1.54) is 13.0 Å². The summed E-state index contributed by atoms with van der Waals surface area (Å²) in [6.45, 7) is 7.44. The molecule has 1 aliphatic heterocycles. The second kappa shape index (κ2) is 4.70. The van der Waals surface area contributed by atoms with Crippen molar-refractivity contribution >= 4 is 0 Å². The molecule has 1 saturated heterocycles. The molecule has 1 radical (unpaired) electrons. The van der Waals surface area contributed by atoms with Crippen molar-refractivity contribution in [2.45, 2.75) is 13.3 Å². The molecule has 0 bridgehead atoms. The zero-order valence-corrected chi connectivity index (χ0v) is 7.25. The van der Waals surface area contributed by atoms with E-state index in [2.05, 4.69) is 11.8 Å². The molecule has 0 aromatic carbocycles. The Morgan fingerprint density at radius 3 is 2.09 bits per heavy atom. The summed E-state index contributed by atoms with van der Waals surface area (Å²) in [5.74, 6) is 0. The fourth-order valence-electron chi connectivity index (χ4n) is 1.46. The Bertz CT molecular complexity index is 100. The van der Waals surface area contributed by atoms with Crippen LogP contribution in [0.5, 0.6) is 0 Å². The zero-order chi connectivity index (χ0) is 8.10. The van der Waals surface area contributed by atoms with Gasteiger partial charge in [-0.2, -0.15) is 0 Å². The van der Waals surface area contributed by atoms with Crippen molar-refractivity contribution in [1.29, 1.82) is 0 Å². The van der Waals surface area contributed by atoms with Gasteiger partial charge in [-0.3, -0.25) is 4.90 Å². The van der Waals surface area contributed by atoms with Crippen molar-refractivity contribution in [2.24, 2.45) is 0 Å². The van der Waals surface area contributed by atoms with E-state index >= 15 is 0 Å². The fourth-order valence-corrected chi connectivity index (χ4v) is 1.46. The van der Waals surface area contributed by atoms with E-state index in [9.17, 15) is 5.11 Å². The SMILES string of the molecule is CCCN1CCN(C[O])CC1. The number of hydrogen-bond acceptors (Lipinski definition) is 2. The maximum Gasteiger partial charge on any atom is 0.135 e. The van der Waals surface area contributed by atoms with E-state index in [1.807, 2.05) is 4.90 Å². The molecule has 1 rings (SSSR count). The van der Waals surface area contributed by atoms with Crippen molar-refractivity contribution < 1.29 is 5.11 Å². The molecule has 65 valence electrons. The van der Waals surface area contributed by atoms with Crippen LogP contribution < -0.4 is 0 Å². The zero-order valence-electron chi connectivity index (χ0n) is 7.25. The van der Waals surface area contributed by atoms with E-state index in [-0.39, 0.29) is 6.73 Å². The highest BCUT2D eigenvalue weighted by molar-refractivity contribution is 4.68. The van der Waals surface area contributed by atoms with Gasteiger partial charge in [-0.1, -0.05) is 6.92 Å². The average molecular weight is 157 g/mol. The van der Waals surface area contributed by atoms with Gasteiger partial charge in [0.1, 0.15) is 6.73 Å². The van der Waals surface area contributed by atoms with Gasteiger partial charge in [-0.05, 0) is 13.0 Å². The second-order valence-electron chi connectivity index (χ2n) is 3.09. The Balaban J connectivity index is 2.14. The first kappa shape index (κ1) is 8.97. The fraction of sp³-hybridized carbons (Fsp3) is 1.00. The predicted octanol–water partition coefficient (Wildman–Crippen LogP) is 0.402. The first-order chi connectivity index (χ1) is 5.36. The maximum atomic E-state index is 10.5. The number of rotatable bonds is 3. The van der Waals surface area contributed by atoms with Crippen LogP contribution in [0.1, 0.15) is 13.3 Å². The molecule has 0 unspecified atom stereocenters. The highest BCUT2D eigenvalue weighted by atomic mass is 16.3. The molecule has 0 N–H and O–H groups in total. The minimum absolute atomic E-state index is 0.0278. The van der Waals surface area contributed by atoms with Crippen molar-refractivity contribution in [2.75, 3.05) is 39.5 Å². The monoisotopic (exact) mass is 157 g/mol. The Morgan fingerprint density at radius 2 is 1.64 bits per heavy atom. The first-order valence-corrected chi connectivity index (χ1v) is 4.39. The van der Waals surface area contributed by atoms with Gasteiger partial charge >= 0.3 is 0 Å². The molecule has 3 heteroatoms. The summed E-state index contributed by atoms with van der Waals surface area (Å²) < 4.78 is 0. The molecule has 0 aliphatic carbocycles. The van der Waals surface area contributed by atoms with E-state index in [0.717, 1.165) is 26.2 Å². The first-order valence-electron chi connectivity index (χ1n) is 4.39. The number of piperazine rings is 1. The van der Waals surface area contributed by atoms with Crippen LogP contribution >= 0.6 is 0 Å². The third-order valence-electron chi connectivity index (χ3n) is 2.19. The largest absolute Gasteiger partial charge is 0.301 e. The summed E-state index contributed by atoms with van der Waals surface area (Å²) in [5.41, 5.74) is 0. The van der Waals surface area contributed by atoms with Crippen LogP contribution in [0.3, 0.4) is 0 Å². The van der Waals surface area contributed by atoms with Gasteiger partial charge in [-0.15, -0.1) is 0 Å². The molecule has 1 fully saturated rings. The lowest BCUT2D eigenvalue weighted by Gasteiger charge is -2.32. The van der Waals surface area contributed by atoms with Crippen LogP contribution in [-0.2, 0) is 5.11 Å². The summed E-state index contributed by atoms with van der Waals surface area (Å²) in [4.78, 5) is 4.39. The standard InChI is InChI=1S/C8H17N2O/c1-2-3-9-4-6-10(8-11)7-5-9/h2-8H2,1H3. The van der Waals surface area contributed by atoms with Gasteiger partial charge in [-0.25, -0.2) is 5.11 Å². The van der Waals surface area contributed by atoms with E-state index < -0.39 is 0 Å². The van der Waals surface area contributed by atoms with Gasteiger partial charge in [0, 0.05) is 26.2 Å². The average Bonchev–Trinajstić information content (AvgIpc) is 2.07. The highest BCUT2D eigenvalue weighted by Crippen LogP contribution is 2.00. The van der Waals surface area contributed by atoms with Crippen LogP contribution in [0.25, 0.3) is 0 Å². The molecule has 1 aliphatic rings. The Hall–Kier alpha value is -0.120. The smallest absolute Gasteiger partial charge is 0.135 e. The topological polar surface area (TPSA) is 26.4 Å². The third-order valence-corrected chi connectivity index (χ3v) is 2.19. The molecular weight excluding hydrogens is 140 g/mol. The molecule has 1 heterocycles. The summed E-state index contributed by atoms with van der Waals surface area (Å²) in [5, 5.41) is 10.5. The van der Waals surface area contributed by atoms with Crippen LogP contribution in [0.4, 0.5) is 0 Å². The van der Waals surface area contributed by atoms with Crippen LogP contribution in [-0.4, -0.2) is 49.3 Å². The van der Waals surface area contributed by atoms with E-state index in [1.54, 1.807) is 0 Å². The molecular formula is C8H17N2O. The predicted molar refractivity (Wildman–Crippen MR) is 43.9 cm³/mol. The van der Waals surface area contributed by atoms with Crippen LogP contribution in [0.15, 0.2) is 0 Å². The Morgan fingerprint density at radius 1 is 1.09 bits per heavy atom. The van der Waals surface area contributed by atoms with Gasteiger partial charge in [0.15, 0.2) is 0 Å². The molecule has 0 aromatic heterocycles. The van der Waals surface area contributed by atoms with Crippen molar-refractivity contribution in [3.8, 4) is 0 Å². The maximum absolute atomic E-state index is 10.5. The van der Waals surface area contributed by atoms with Crippen LogP contribution in [0.2, 0.25) is 0 Å². The lowest BCUT2D eigenvalue weighted by molar-refractivity contribution is 0.0169. The minimum atomic E-state index is -0.0278. The lowest BCUT2D eigenvalue weighted by Crippen LogP contribution is -2.46. The number of nitrogens with zero attached hydrogens (tertiary/aromatic N) is 2. The normalized spacial score (nSPS) is 22.4. The van der Waals surface area contributed by atoms with E-state index in [4.69, 9.17) is 0 Å². The van der Waals surface area contributed by atoms with Gasteiger partial charge in [0.05, 0.1) is 0 Å². The summed E-state index contributed by atoms with van der Waals surface area (Å²) in [6.07, 6.45) is 1.22. The highest BCUT2D eigenvalue weighted by Gasteiger charge is 2.14. The summed E-state index contributed by atoms with van der Waals surface area (Å²) >= 11 is 0. The lowest BCUT2D eigenvalue weighted by atomic mass is 10.3. The minimum Gasteiger partial charge on any atom is -0.301 e. The second-order valence-corrected chi connectivity index (χ2v) is 3.09. The summed E-state index contributed by atoms with van der Waals surface area (Å²) in [6, 6.07) is 0. The van der Waals surface area contributed by atoms with Crippen LogP contribution in [0, 0.1) is 0 Å². The molecule has 11 heavy (non-hydrogen) atoms. The summed E-state index contributed by atoms with van der Waals surface area (Å²) in [7, 11) is 0. The van der Waals surface area contributed by atoms with Crippen molar-refractivity contribution in [3.63, 3.8) is 0 Å².